The standard InChI is InChI=1S/C17H19N3O6S2/c1-2-27(23,24)19-11-5-6-13-12-14(9-10-15(13)19)18-28(25,26)17-8-4-3-7-16(17)20(21)22/h3-4,7-10,12,18H,2,5-6,11H2,1H3. The van der Waals surface area contributed by atoms with Gasteiger partial charge in [-0.3, -0.25) is 19.1 Å². The van der Waals surface area contributed by atoms with E-state index < -0.39 is 35.6 Å². The fraction of sp³-hybridized carbons (Fsp3) is 0.294. The zero-order chi connectivity index (χ0) is 20.5. The number of fused-ring (bicyclic) bond motifs is 1. The predicted molar refractivity (Wildman–Crippen MR) is 105 cm³/mol. The lowest BCUT2D eigenvalue weighted by atomic mass is 10.0. The molecule has 0 aromatic heterocycles. The quantitative estimate of drug-likeness (QED) is 0.560. The number of aryl methyl sites for hydroxylation is 1. The van der Waals surface area contributed by atoms with Crippen LogP contribution >= 0.6 is 0 Å². The molecule has 1 N–H and O–H groups in total. The van der Waals surface area contributed by atoms with Crippen molar-refractivity contribution < 1.29 is 21.8 Å². The van der Waals surface area contributed by atoms with E-state index in [1.54, 1.807) is 19.1 Å². The third-order valence-corrected chi connectivity index (χ3v) is 7.67. The van der Waals surface area contributed by atoms with E-state index in [0.717, 1.165) is 12.1 Å². The Bertz CT molecular complexity index is 1130. The Morgan fingerprint density at radius 3 is 2.54 bits per heavy atom. The van der Waals surface area contributed by atoms with E-state index in [-0.39, 0.29) is 11.4 Å². The highest BCUT2D eigenvalue weighted by Gasteiger charge is 2.28. The number of nitro groups is 1. The van der Waals surface area contributed by atoms with Crippen molar-refractivity contribution >= 4 is 37.1 Å². The van der Waals surface area contributed by atoms with Crippen molar-refractivity contribution in [3.8, 4) is 0 Å². The van der Waals surface area contributed by atoms with Crippen molar-refractivity contribution in [2.45, 2.75) is 24.7 Å². The van der Waals surface area contributed by atoms with Crippen molar-refractivity contribution in [1.29, 1.82) is 0 Å². The smallest absolute Gasteiger partial charge is 0.279 e. The van der Waals surface area contributed by atoms with Gasteiger partial charge in [-0.05, 0) is 49.6 Å². The normalized spacial score (nSPS) is 14.4. The molecule has 3 rings (SSSR count). The number of anilines is 2. The molecular formula is C17H19N3O6S2. The minimum Gasteiger partial charge on any atom is -0.279 e. The lowest BCUT2D eigenvalue weighted by Gasteiger charge is -2.30. The van der Waals surface area contributed by atoms with Crippen LogP contribution in [0.5, 0.6) is 0 Å². The molecule has 0 atom stereocenters. The number of nitrogens with one attached hydrogen (secondary N) is 1. The highest BCUT2D eigenvalue weighted by Crippen LogP contribution is 2.33. The highest BCUT2D eigenvalue weighted by atomic mass is 32.2. The first kappa shape index (κ1) is 20.1. The Balaban J connectivity index is 1.96. The molecule has 1 heterocycles. The molecule has 0 aliphatic carbocycles. The minimum atomic E-state index is -4.19. The van der Waals surface area contributed by atoms with Gasteiger partial charge in [-0.1, -0.05) is 12.1 Å². The van der Waals surface area contributed by atoms with Crippen LogP contribution in [0.15, 0.2) is 47.4 Å². The first-order valence-corrected chi connectivity index (χ1v) is 11.6. The molecule has 1 aliphatic rings. The van der Waals surface area contributed by atoms with Crippen LogP contribution in [0, 0.1) is 10.1 Å². The Morgan fingerprint density at radius 1 is 1.14 bits per heavy atom. The molecule has 0 unspecified atom stereocenters. The molecule has 150 valence electrons. The molecule has 0 saturated heterocycles. The largest absolute Gasteiger partial charge is 0.289 e. The number of sulfonamides is 2. The Kier molecular flexibility index (Phi) is 5.31. The van der Waals surface area contributed by atoms with Crippen molar-refractivity contribution in [1.82, 2.24) is 0 Å². The third kappa shape index (κ3) is 3.80. The number of benzene rings is 2. The van der Waals surface area contributed by atoms with Gasteiger partial charge in [-0.25, -0.2) is 16.8 Å². The van der Waals surface area contributed by atoms with Gasteiger partial charge >= 0.3 is 0 Å². The second-order valence-corrected chi connectivity index (χ2v) is 10.1. The summed E-state index contributed by atoms with van der Waals surface area (Å²) >= 11 is 0. The van der Waals surface area contributed by atoms with Gasteiger partial charge < -0.3 is 0 Å². The lowest BCUT2D eigenvalue weighted by molar-refractivity contribution is -0.387. The molecule has 0 fully saturated rings. The fourth-order valence-corrected chi connectivity index (χ4v) is 5.54. The van der Waals surface area contributed by atoms with Gasteiger partial charge in [-0.15, -0.1) is 0 Å². The summed E-state index contributed by atoms with van der Waals surface area (Å²) in [5, 5.41) is 11.1. The van der Waals surface area contributed by atoms with Crippen LogP contribution in [0.1, 0.15) is 18.9 Å². The fourth-order valence-electron chi connectivity index (χ4n) is 3.12. The van der Waals surface area contributed by atoms with Gasteiger partial charge in [0.25, 0.3) is 15.7 Å². The van der Waals surface area contributed by atoms with E-state index in [9.17, 15) is 26.9 Å². The molecule has 2 aromatic rings. The second kappa shape index (κ2) is 7.40. The van der Waals surface area contributed by atoms with Gasteiger partial charge in [0, 0.05) is 18.3 Å². The zero-order valence-electron chi connectivity index (χ0n) is 15.0. The summed E-state index contributed by atoms with van der Waals surface area (Å²) in [5.74, 6) is -0.0293. The maximum absolute atomic E-state index is 12.6. The Labute approximate surface area is 163 Å². The van der Waals surface area contributed by atoms with Crippen molar-refractivity contribution in [2.75, 3.05) is 21.3 Å². The second-order valence-electron chi connectivity index (χ2n) is 6.25. The van der Waals surface area contributed by atoms with Crippen molar-refractivity contribution in [3.05, 3.63) is 58.1 Å². The average Bonchev–Trinajstić information content (AvgIpc) is 2.67. The number of hydrogen-bond donors (Lipinski definition) is 1. The molecule has 1 aliphatic heterocycles. The van der Waals surface area contributed by atoms with E-state index in [0.29, 0.717) is 30.6 Å². The maximum atomic E-state index is 12.6. The van der Waals surface area contributed by atoms with Crippen LogP contribution in [-0.4, -0.2) is 34.1 Å². The molecule has 0 bridgehead atoms. The van der Waals surface area contributed by atoms with Crippen LogP contribution in [0.4, 0.5) is 17.1 Å². The topological polar surface area (TPSA) is 127 Å². The van der Waals surface area contributed by atoms with E-state index >= 15 is 0 Å². The van der Waals surface area contributed by atoms with Crippen LogP contribution in [0.3, 0.4) is 0 Å². The third-order valence-electron chi connectivity index (χ3n) is 4.46. The maximum Gasteiger partial charge on any atom is 0.289 e. The average molecular weight is 425 g/mol. The molecule has 2 aromatic carbocycles. The zero-order valence-corrected chi connectivity index (χ0v) is 16.7. The van der Waals surface area contributed by atoms with E-state index in [4.69, 9.17) is 0 Å². The summed E-state index contributed by atoms with van der Waals surface area (Å²) in [7, 11) is -7.61. The summed E-state index contributed by atoms with van der Waals surface area (Å²) in [6.07, 6.45) is 1.22. The van der Waals surface area contributed by atoms with Crippen LogP contribution in [0.2, 0.25) is 0 Å². The van der Waals surface area contributed by atoms with Crippen LogP contribution in [0.25, 0.3) is 0 Å². The van der Waals surface area contributed by atoms with E-state index in [2.05, 4.69) is 4.72 Å². The number of rotatable bonds is 6. The van der Waals surface area contributed by atoms with Crippen molar-refractivity contribution in [3.63, 3.8) is 0 Å². The summed E-state index contributed by atoms with van der Waals surface area (Å²) in [4.78, 5) is 9.93. The number of para-hydroxylation sites is 1. The predicted octanol–water partition coefficient (Wildman–Crippen LogP) is 2.50. The molecule has 28 heavy (non-hydrogen) atoms. The van der Waals surface area contributed by atoms with Gasteiger partial charge in [0.2, 0.25) is 10.0 Å². The van der Waals surface area contributed by atoms with E-state index in [1.165, 1.54) is 22.5 Å². The minimum absolute atomic E-state index is 0.0293. The highest BCUT2D eigenvalue weighted by molar-refractivity contribution is 7.93. The lowest BCUT2D eigenvalue weighted by Crippen LogP contribution is -2.36. The monoisotopic (exact) mass is 425 g/mol. The summed E-state index contributed by atoms with van der Waals surface area (Å²) in [6, 6.07) is 9.65. The molecular weight excluding hydrogens is 406 g/mol. The number of nitro benzene ring substituents is 1. The number of nitrogens with zero attached hydrogens (tertiary/aromatic N) is 2. The molecule has 11 heteroatoms. The van der Waals surface area contributed by atoms with Gasteiger partial charge in [-0.2, -0.15) is 0 Å². The summed E-state index contributed by atoms with van der Waals surface area (Å²) in [6.45, 7) is 1.95. The SMILES string of the molecule is CCS(=O)(=O)N1CCCc2cc(NS(=O)(=O)c3ccccc3[N+](=O)[O-])ccc21. The molecule has 0 saturated carbocycles. The van der Waals surface area contributed by atoms with Crippen LogP contribution < -0.4 is 9.03 Å². The summed E-state index contributed by atoms with van der Waals surface area (Å²) in [5.41, 5.74) is 0.925. The Morgan fingerprint density at radius 2 is 1.86 bits per heavy atom. The van der Waals surface area contributed by atoms with Gasteiger partial charge in [0.15, 0.2) is 4.90 Å². The first-order chi connectivity index (χ1) is 13.2. The van der Waals surface area contributed by atoms with Gasteiger partial charge in [0.1, 0.15) is 0 Å². The molecule has 0 amide bonds. The van der Waals surface area contributed by atoms with E-state index in [1.807, 2.05) is 0 Å². The van der Waals surface area contributed by atoms with Crippen molar-refractivity contribution in [2.24, 2.45) is 0 Å². The molecule has 0 radical (unpaired) electrons. The summed E-state index contributed by atoms with van der Waals surface area (Å²) < 4.78 is 53.5. The number of hydrogen-bond acceptors (Lipinski definition) is 6. The first-order valence-electron chi connectivity index (χ1n) is 8.55. The Hall–Kier alpha value is -2.66. The van der Waals surface area contributed by atoms with Gasteiger partial charge in [0.05, 0.1) is 16.4 Å². The molecule has 0 spiro atoms. The van der Waals surface area contributed by atoms with Crippen LogP contribution in [-0.2, 0) is 26.5 Å². The molecule has 9 nitrogen and oxygen atoms in total.